The Morgan fingerprint density at radius 3 is 2.25 bits per heavy atom. The van der Waals surface area contributed by atoms with E-state index in [0.717, 1.165) is 38.9 Å². The van der Waals surface area contributed by atoms with Gasteiger partial charge in [-0.1, -0.05) is 6.42 Å². The number of carbonyl (C=O) groups is 1. The Morgan fingerprint density at radius 1 is 1.05 bits per heavy atom. The molecule has 0 rings (SSSR count). The van der Waals surface area contributed by atoms with Gasteiger partial charge in [0.25, 0.3) is 0 Å². The molecule has 1 N–H and O–H groups in total. The maximum absolute atomic E-state index is 11.1. The summed E-state index contributed by atoms with van der Waals surface area (Å²) in [7, 11) is 0. The van der Waals surface area contributed by atoms with Crippen LogP contribution in [0.1, 0.15) is 60.3 Å². The molecular formula is C16H34N2O2. The molecule has 0 atom stereocenters. The third-order valence-electron chi connectivity index (χ3n) is 3.41. The second kappa shape index (κ2) is 12.2. The van der Waals surface area contributed by atoms with E-state index in [-0.39, 0.29) is 5.97 Å². The number of carbonyl (C=O) groups excluding carboxylic acids is 1. The molecule has 20 heavy (non-hydrogen) atoms. The molecule has 0 fully saturated rings. The molecule has 0 saturated heterocycles. The Morgan fingerprint density at radius 2 is 1.70 bits per heavy atom. The molecule has 0 saturated carbocycles. The van der Waals surface area contributed by atoms with Crippen molar-refractivity contribution in [2.24, 2.45) is 0 Å². The van der Waals surface area contributed by atoms with Crippen LogP contribution in [0.3, 0.4) is 0 Å². The SMILES string of the molecule is CCOC(=O)CCCCCNCCN(C(C)C)C(C)C. The molecule has 4 heteroatoms. The monoisotopic (exact) mass is 286 g/mol. The van der Waals surface area contributed by atoms with Crippen molar-refractivity contribution in [1.29, 1.82) is 0 Å². The first-order valence-electron chi connectivity index (χ1n) is 8.11. The third-order valence-corrected chi connectivity index (χ3v) is 3.41. The normalized spacial score (nSPS) is 11.6. The van der Waals surface area contributed by atoms with E-state index in [1.165, 1.54) is 0 Å². The summed E-state index contributed by atoms with van der Waals surface area (Å²) in [6.45, 7) is 14.5. The summed E-state index contributed by atoms with van der Waals surface area (Å²) in [5.74, 6) is -0.0648. The number of unbranched alkanes of at least 4 members (excludes halogenated alkanes) is 2. The lowest BCUT2D eigenvalue weighted by molar-refractivity contribution is -0.143. The predicted molar refractivity (Wildman–Crippen MR) is 84.9 cm³/mol. The molecule has 0 aromatic carbocycles. The molecule has 0 aliphatic carbocycles. The maximum Gasteiger partial charge on any atom is 0.305 e. The van der Waals surface area contributed by atoms with Gasteiger partial charge < -0.3 is 10.1 Å². The molecular weight excluding hydrogens is 252 g/mol. The summed E-state index contributed by atoms with van der Waals surface area (Å²) >= 11 is 0. The fourth-order valence-corrected chi connectivity index (χ4v) is 2.38. The van der Waals surface area contributed by atoms with Gasteiger partial charge in [-0.3, -0.25) is 9.69 Å². The lowest BCUT2D eigenvalue weighted by atomic mass is 10.2. The van der Waals surface area contributed by atoms with Crippen LogP contribution >= 0.6 is 0 Å². The highest BCUT2D eigenvalue weighted by molar-refractivity contribution is 5.69. The van der Waals surface area contributed by atoms with E-state index in [9.17, 15) is 4.79 Å². The number of esters is 1. The topological polar surface area (TPSA) is 41.6 Å². The highest BCUT2D eigenvalue weighted by atomic mass is 16.5. The van der Waals surface area contributed by atoms with Gasteiger partial charge in [-0.25, -0.2) is 0 Å². The Bertz CT molecular complexity index is 235. The van der Waals surface area contributed by atoms with Gasteiger partial charge in [0, 0.05) is 31.6 Å². The first-order chi connectivity index (χ1) is 9.49. The minimum absolute atomic E-state index is 0.0648. The number of nitrogens with one attached hydrogen (secondary N) is 1. The number of hydrogen-bond donors (Lipinski definition) is 1. The summed E-state index contributed by atoms with van der Waals surface area (Å²) < 4.78 is 4.90. The van der Waals surface area contributed by atoms with Gasteiger partial charge in [-0.2, -0.15) is 0 Å². The van der Waals surface area contributed by atoms with Crippen LogP contribution in [0.25, 0.3) is 0 Å². The molecule has 0 unspecified atom stereocenters. The van der Waals surface area contributed by atoms with E-state index >= 15 is 0 Å². The highest BCUT2D eigenvalue weighted by Crippen LogP contribution is 2.03. The Labute approximate surface area is 125 Å². The van der Waals surface area contributed by atoms with Gasteiger partial charge in [0.1, 0.15) is 0 Å². The molecule has 0 spiro atoms. The van der Waals surface area contributed by atoms with Crippen molar-refractivity contribution in [3.05, 3.63) is 0 Å². The highest BCUT2D eigenvalue weighted by Gasteiger charge is 2.11. The average Bonchev–Trinajstić information content (AvgIpc) is 2.36. The van der Waals surface area contributed by atoms with Crippen LogP contribution in [0.15, 0.2) is 0 Å². The van der Waals surface area contributed by atoms with Crippen LogP contribution in [0, 0.1) is 0 Å². The zero-order chi connectivity index (χ0) is 15.4. The molecule has 0 amide bonds. The van der Waals surface area contributed by atoms with E-state index in [4.69, 9.17) is 4.74 Å². The summed E-state index contributed by atoms with van der Waals surface area (Å²) in [5, 5.41) is 3.48. The largest absolute Gasteiger partial charge is 0.466 e. The number of rotatable bonds is 12. The van der Waals surface area contributed by atoms with Gasteiger partial charge in [0.05, 0.1) is 6.61 Å². The molecule has 0 bridgehead atoms. The second-order valence-corrected chi connectivity index (χ2v) is 5.79. The van der Waals surface area contributed by atoms with E-state index in [1.807, 2.05) is 6.92 Å². The lowest BCUT2D eigenvalue weighted by Crippen LogP contribution is -2.41. The number of nitrogens with zero attached hydrogens (tertiary/aromatic N) is 1. The van der Waals surface area contributed by atoms with Crippen molar-refractivity contribution in [2.75, 3.05) is 26.2 Å². The summed E-state index contributed by atoms with van der Waals surface area (Å²) in [6.07, 6.45) is 3.71. The molecule has 0 aliphatic rings. The first kappa shape index (κ1) is 19.4. The van der Waals surface area contributed by atoms with Crippen LogP contribution in [-0.2, 0) is 9.53 Å². The van der Waals surface area contributed by atoms with Crippen molar-refractivity contribution < 1.29 is 9.53 Å². The quantitative estimate of drug-likeness (QED) is 0.442. The molecule has 0 heterocycles. The second-order valence-electron chi connectivity index (χ2n) is 5.79. The number of hydrogen-bond acceptors (Lipinski definition) is 4. The zero-order valence-corrected chi connectivity index (χ0v) is 14.1. The molecule has 0 aliphatic heterocycles. The summed E-state index contributed by atoms with van der Waals surface area (Å²) in [6, 6.07) is 1.20. The van der Waals surface area contributed by atoms with Crippen molar-refractivity contribution in [3.8, 4) is 0 Å². The van der Waals surface area contributed by atoms with E-state index < -0.39 is 0 Å². The lowest BCUT2D eigenvalue weighted by Gasteiger charge is -2.30. The van der Waals surface area contributed by atoms with Crippen LogP contribution in [0.4, 0.5) is 0 Å². The van der Waals surface area contributed by atoms with Gasteiger partial charge >= 0.3 is 5.97 Å². The van der Waals surface area contributed by atoms with E-state index in [2.05, 4.69) is 37.9 Å². The van der Waals surface area contributed by atoms with Crippen molar-refractivity contribution in [1.82, 2.24) is 10.2 Å². The fraction of sp³-hybridized carbons (Fsp3) is 0.938. The fourth-order valence-electron chi connectivity index (χ4n) is 2.38. The Balaban J connectivity index is 3.42. The van der Waals surface area contributed by atoms with Crippen LogP contribution in [0.5, 0.6) is 0 Å². The molecule has 0 aromatic heterocycles. The average molecular weight is 286 g/mol. The minimum atomic E-state index is -0.0648. The van der Waals surface area contributed by atoms with Crippen molar-refractivity contribution in [3.63, 3.8) is 0 Å². The summed E-state index contributed by atoms with van der Waals surface area (Å²) in [4.78, 5) is 13.6. The predicted octanol–water partition coefficient (Wildman–Crippen LogP) is 2.82. The van der Waals surface area contributed by atoms with Crippen LogP contribution in [0.2, 0.25) is 0 Å². The van der Waals surface area contributed by atoms with Crippen LogP contribution in [-0.4, -0.2) is 49.2 Å². The van der Waals surface area contributed by atoms with Gasteiger partial charge in [-0.05, 0) is 54.0 Å². The van der Waals surface area contributed by atoms with Crippen molar-refractivity contribution >= 4 is 5.97 Å². The first-order valence-corrected chi connectivity index (χ1v) is 8.11. The Kier molecular flexibility index (Phi) is 11.8. The van der Waals surface area contributed by atoms with E-state index in [0.29, 0.717) is 25.1 Å². The maximum atomic E-state index is 11.1. The van der Waals surface area contributed by atoms with Gasteiger partial charge in [0.2, 0.25) is 0 Å². The number of ether oxygens (including phenoxy) is 1. The smallest absolute Gasteiger partial charge is 0.305 e. The van der Waals surface area contributed by atoms with Gasteiger partial charge in [0.15, 0.2) is 0 Å². The molecule has 0 radical (unpaired) electrons. The van der Waals surface area contributed by atoms with Crippen molar-refractivity contribution in [2.45, 2.75) is 72.4 Å². The molecule has 4 nitrogen and oxygen atoms in total. The van der Waals surface area contributed by atoms with Crippen LogP contribution < -0.4 is 5.32 Å². The standard InChI is InChI=1S/C16H34N2O2/c1-6-20-16(19)10-8-7-9-11-17-12-13-18(14(2)3)15(4)5/h14-15,17H,6-13H2,1-5H3. The Hall–Kier alpha value is -0.610. The minimum Gasteiger partial charge on any atom is -0.466 e. The third kappa shape index (κ3) is 10.2. The zero-order valence-electron chi connectivity index (χ0n) is 14.1. The van der Waals surface area contributed by atoms with E-state index in [1.54, 1.807) is 0 Å². The molecule has 0 aromatic rings. The molecule has 120 valence electrons. The van der Waals surface area contributed by atoms with Gasteiger partial charge in [-0.15, -0.1) is 0 Å². The summed E-state index contributed by atoms with van der Waals surface area (Å²) in [5.41, 5.74) is 0.